The van der Waals surface area contributed by atoms with Gasteiger partial charge in [0.2, 0.25) is 5.91 Å². The number of ether oxygens (including phenoxy) is 1. The molecule has 0 saturated carbocycles. The van der Waals surface area contributed by atoms with Crippen molar-refractivity contribution in [1.82, 2.24) is 15.5 Å². The maximum Gasteiger partial charge on any atom is 0.353 e. The fourth-order valence-electron chi connectivity index (χ4n) is 5.85. The minimum atomic E-state index is -1.39. The van der Waals surface area contributed by atoms with E-state index in [1.807, 2.05) is 87.5 Å². The molecule has 11 nitrogen and oxygen atoms in total. The monoisotopic (exact) mass is 697 g/mol. The number of amides is 3. The van der Waals surface area contributed by atoms with Gasteiger partial charge in [0, 0.05) is 23.3 Å². The molecule has 1 saturated heterocycles. The van der Waals surface area contributed by atoms with E-state index in [2.05, 4.69) is 10.6 Å². The Morgan fingerprint density at radius 1 is 0.980 bits per heavy atom. The standard InChI is InChI=1S/C38H39N3O8S/c1-38(2,3)27-17-10-16-25(20-27)33(44)39-28(37(48)49-32(23-12-6-4-7-13-23)24-14-8-5-9-15-24)18-11-19-29(43)40-30-34(45)41-31(36(46)47)26(21-42)22-50-35(30)41/h4-10,12-17,20-21,28,30,32,35H,11,18-19,22H2,1-3H3,(H,39,44)(H,40,43)(H,46,47)/t28?,30?,35-/m0/s1. The quantitative estimate of drug-likeness (QED) is 0.133. The number of carboxylic acids is 1. The minimum absolute atomic E-state index is 0.00347. The molecule has 50 heavy (non-hydrogen) atoms. The maximum atomic E-state index is 13.9. The van der Waals surface area contributed by atoms with Crippen molar-refractivity contribution in [3.63, 3.8) is 0 Å². The number of hydrogen-bond donors (Lipinski definition) is 3. The second kappa shape index (κ2) is 15.5. The summed E-state index contributed by atoms with van der Waals surface area (Å²) in [6, 6.07) is 23.6. The van der Waals surface area contributed by atoms with Crippen LogP contribution in [0.1, 0.15) is 73.2 Å². The van der Waals surface area contributed by atoms with Crippen molar-refractivity contribution in [1.29, 1.82) is 0 Å². The van der Waals surface area contributed by atoms with Crippen LogP contribution in [0.2, 0.25) is 0 Å². The number of carbonyl (C=O) groups is 6. The van der Waals surface area contributed by atoms with Crippen molar-refractivity contribution in [3.8, 4) is 0 Å². The number of hydrogen-bond acceptors (Lipinski definition) is 8. The Hall–Kier alpha value is -5.23. The second-order valence-electron chi connectivity index (χ2n) is 13.1. The Bertz CT molecular complexity index is 1770. The van der Waals surface area contributed by atoms with Crippen LogP contribution in [0.4, 0.5) is 0 Å². The zero-order chi connectivity index (χ0) is 36.0. The summed E-state index contributed by atoms with van der Waals surface area (Å²) in [6.45, 7) is 6.11. The van der Waals surface area contributed by atoms with Crippen LogP contribution in [0, 0.1) is 0 Å². The number of esters is 1. The van der Waals surface area contributed by atoms with Crippen LogP contribution in [0.3, 0.4) is 0 Å². The fraction of sp³-hybridized carbons (Fsp3) is 0.316. The number of β-lactam (4-membered cyclic amide) rings is 1. The van der Waals surface area contributed by atoms with Crippen molar-refractivity contribution in [2.75, 3.05) is 5.75 Å². The molecule has 3 aromatic carbocycles. The highest BCUT2D eigenvalue weighted by atomic mass is 32.2. The van der Waals surface area contributed by atoms with Gasteiger partial charge in [-0.05, 0) is 47.1 Å². The molecule has 2 unspecified atom stereocenters. The van der Waals surface area contributed by atoms with Crippen LogP contribution >= 0.6 is 11.8 Å². The van der Waals surface area contributed by atoms with Crippen molar-refractivity contribution >= 4 is 47.7 Å². The van der Waals surface area contributed by atoms with E-state index in [1.165, 1.54) is 11.8 Å². The highest BCUT2D eigenvalue weighted by molar-refractivity contribution is 8.00. The lowest BCUT2D eigenvalue weighted by Gasteiger charge is -2.49. The number of carboxylic acid groups (broad SMARTS) is 1. The molecular weight excluding hydrogens is 658 g/mol. The average molecular weight is 698 g/mol. The van der Waals surface area contributed by atoms with Crippen molar-refractivity contribution in [2.45, 2.75) is 69.0 Å². The summed E-state index contributed by atoms with van der Waals surface area (Å²) in [5, 5.41) is 14.4. The van der Waals surface area contributed by atoms with Crippen molar-refractivity contribution in [2.24, 2.45) is 0 Å². The van der Waals surface area contributed by atoms with Gasteiger partial charge in [-0.3, -0.25) is 24.1 Å². The molecule has 260 valence electrons. The zero-order valence-corrected chi connectivity index (χ0v) is 28.8. The predicted octanol–water partition coefficient (Wildman–Crippen LogP) is 4.52. The summed E-state index contributed by atoms with van der Waals surface area (Å²) in [5.41, 5.74) is 2.24. The number of nitrogens with one attached hydrogen (secondary N) is 2. The van der Waals surface area contributed by atoms with Crippen LogP contribution in [0.5, 0.6) is 0 Å². The third-order valence-electron chi connectivity index (χ3n) is 8.58. The van der Waals surface area contributed by atoms with Crippen LogP contribution < -0.4 is 10.6 Å². The van der Waals surface area contributed by atoms with Gasteiger partial charge in [-0.15, -0.1) is 11.8 Å². The summed E-state index contributed by atoms with van der Waals surface area (Å²) in [7, 11) is 0. The van der Waals surface area contributed by atoms with Gasteiger partial charge in [-0.2, -0.15) is 0 Å². The van der Waals surface area contributed by atoms with Crippen molar-refractivity contribution in [3.05, 3.63) is 118 Å². The molecule has 0 spiro atoms. The number of aliphatic carboxylic acids is 1. The first-order chi connectivity index (χ1) is 23.9. The molecule has 0 bridgehead atoms. The van der Waals surface area contributed by atoms with E-state index in [1.54, 1.807) is 18.2 Å². The van der Waals surface area contributed by atoms with Gasteiger partial charge in [0.25, 0.3) is 11.8 Å². The molecule has 3 amide bonds. The number of aldehydes is 1. The molecule has 3 atom stereocenters. The molecule has 1 fully saturated rings. The summed E-state index contributed by atoms with van der Waals surface area (Å²) >= 11 is 1.19. The second-order valence-corrected chi connectivity index (χ2v) is 14.2. The van der Waals surface area contributed by atoms with E-state index in [4.69, 9.17) is 4.74 Å². The molecule has 3 N–H and O–H groups in total. The molecular formula is C38H39N3O8S. The Balaban J connectivity index is 1.29. The summed E-state index contributed by atoms with van der Waals surface area (Å²) < 4.78 is 6.08. The molecule has 3 aromatic rings. The zero-order valence-electron chi connectivity index (χ0n) is 28.0. The van der Waals surface area contributed by atoms with Crippen molar-refractivity contribution < 1.29 is 38.6 Å². The fourth-order valence-corrected chi connectivity index (χ4v) is 7.14. The van der Waals surface area contributed by atoms with Gasteiger partial charge in [0.05, 0.1) is 0 Å². The lowest BCUT2D eigenvalue weighted by molar-refractivity contribution is -0.151. The Kier molecular flexibility index (Phi) is 11.2. The van der Waals surface area contributed by atoms with Gasteiger partial charge < -0.3 is 20.5 Å². The molecule has 12 heteroatoms. The van der Waals surface area contributed by atoms with Crippen LogP contribution in [-0.2, 0) is 34.1 Å². The van der Waals surface area contributed by atoms with Gasteiger partial charge in [-0.25, -0.2) is 9.59 Å². The maximum absolute atomic E-state index is 13.9. The number of fused-ring (bicyclic) bond motifs is 1. The number of carbonyl (C=O) groups excluding carboxylic acids is 5. The summed E-state index contributed by atoms with van der Waals surface area (Å²) in [6.07, 6.45) is -0.183. The van der Waals surface area contributed by atoms with Gasteiger partial charge in [0.15, 0.2) is 6.10 Å². The average Bonchev–Trinajstić information content (AvgIpc) is 3.11. The lowest BCUT2D eigenvalue weighted by Crippen LogP contribution is -2.70. The van der Waals surface area contributed by atoms with Crippen LogP contribution in [0.25, 0.3) is 0 Å². The number of benzene rings is 3. The first-order valence-electron chi connectivity index (χ1n) is 16.3. The normalized spacial score (nSPS) is 17.7. The Morgan fingerprint density at radius 2 is 1.62 bits per heavy atom. The van der Waals surface area contributed by atoms with Gasteiger partial charge in [-0.1, -0.05) is 93.6 Å². The largest absolute Gasteiger partial charge is 0.477 e. The first-order valence-corrected chi connectivity index (χ1v) is 17.3. The molecule has 5 rings (SSSR count). The third kappa shape index (κ3) is 8.14. The highest BCUT2D eigenvalue weighted by Gasteiger charge is 2.54. The number of rotatable bonds is 13. The first kappa shape index (κ1) is 36.1. The van der Waals surface area contributed by atoms with Crippen LogP contribution in [-0.4, -0.2) is 69.2 Å². The minimum Gasteiger partial charge on any atom is -0.477 e. The van der Waals surface area contributed by atoms with Gasteiger partial charge >= 0.3 is 11.9 Å². The predicted molar refractivity (Wildman–Crippen MR) is 187 cm³/mol. The number of nitrogens with zero attached hydrogens (tertiary/aromatic N) is 1. The smallest absolute Gasteiger partial charge is 0.353 e. The molecule has 2 aliphatic rings. The highest BCUT2D eigenvalue weighted by Crippen LogP contribution is 2.40. The Labute approximate surface area is 294 Å². The van der Waals surface area contributed by atoms with Gasteiger partial charge in [0.1, 0.15) is 29.4 Å². The molecule has 2 aliphatic heterocycles. The van der Waals surface area contributed by atoms with E-state index >= 15 is 0 Å². The van der Waals surface area contributed by atoms with Crippen LogP contribution in [0.15, 0.2) is 96.2 Å². The van der Waals surface area contributed by atoms with E-state index < -0.39 is 53.2 Å². The number of thioether (sulfide) groups is 1. The lowest BCUT2D eigenvalue weighted by atomic mass is 9.86. The van der Waals surface area contributed by atoms with E-state index in [0.29, 0.717) is 11.8 Å². The molecule has 0 aromatic heterocycles. The summed E-state index contributed by atoms with van der Waals surface area (Å²) in [5.74, 6) is -3.53. The summed E-state index contributed by atoms with van der Waals surface area (Å²) in [4.78, 5) is 77.3. The topological polar surface area (TPSA) is 159 Å². The van der Waals surface area contributed by atoms with E-state index in [0.717, 1.165) is 21.6 Å². The molecule has 0 aliphatic carbocycles. The van der Waals surface area contributed by atoms with E-state index in [-0.39, 0.29) is 41.7 Å². The third-order valence-corrected chi connectivity index (χ3v) is 9.88. The Morgan fingerprint density at radius 3 is 2.20 bits per heavy atom. The SMILES string of the molecule is CC(C)(C)c1cccc(C(=O)NC(CCCC(=O)NC2C(=O)N3C(C(=O)O)=C(C=O)CS[C@@H]23)C(=O)OC(c2ccccc2)c2ccccc2)c1. The molecule has 0 radical (unpaired) electrons. The molecule has 2 heterocycles. The van der Waals surface area contributed by atoms with E-state index in [9.17, 15) is 33.9 Å².